The predicted molar refractivity (Wildman–Crippen MR) is 85.9 cm³/mol. The van der Waals surface area contributed by atoms with E-state index in [0.29, 0.717) is 19.5 Å². The Kier molecular flexibility index (Phi) is 5.29. The van der Waals surface area contributed by atoms with Crippen LogP contribution in [0.3, 0.4) is 0 Å². The molecule has 0 aromatic heterocycles. The number of carbonyl (C=O) groups is 1. The van der Waals surface area contributed by atoms with E-state index < -0.39 is 21.1 Å². The van der Waals surface area contributed by atoms with Gasteiger partial charge < -0.3 is 10.2 Å². The number of hydrogen-bond acceptors (Lipinski definition) is 5. The van der Waals surface area contributed by atoms with Crippen LogP contribution in [0.25, 0.3) is 0 Å². The second-order valence-corrected chi connectivity index (χ2v) is 8.32. The number of benzene rings is 1. The van der Waals surface area contributed by atoms with Crippen LogP contribution in [-0.4, -0.2) is 49.2 Å². The summed E-state index contributed by atoms with van der Waals surface area (Å²) in [4.78, 5) is 14.0. The van der Waals surface area contributed by atoms with Crippen molar-refractivity contribution < 1.29 is 13.2 Å². The van der Waals surface area contributed by atoms with Gasteiger partial charge in [-0.25, -0.2) is 8.42 Å². The van der Waals surface area contributed by atoms with Gasteiger partial charge >= 0.3 is 0 Å². The molecule has 0 unspecified atom stereocenters. The van der Waals surface area contributed by atoms with Crippen LogP contribution >= 0.6 is 12.6 Å². The van der Waals surface area contributed by atoms with Gasteiger partial charge in [-0.3, -0.25) is 4.79 Å². The minimum Gasteiger partial charge on any atom is -0.340 e. The minimum absolute atomic E-state index is 0.0734. The Hall–Kier alpha value is -1.05. The summed E-state index contributed by atoms with van der Waals surface area (Å²) in [6.45, 7) is 0.834. The molecule has 2 rings (SSSR count). The molecule has 1 aliphatic heterocycles. The van der Waals surface area contributed by atoms with Gasteiger partial charge in [-0.15, -0.1) is 0 Å². The monoisotopic (exact) mass is 328 g/mol. The Morgan fingerprint density at radius 3 is 2.67 bits per heavy atom. The lowest BCUT2D eigenvalue weighted by atomic mass is 10.1. The first-order chi connectivity index (χ1) is 9.94. The van der Waals surface area contributed by atoms with Crippen molar-refractivity contribution in [1.29, 1.82) is 0 Å². The van der Waals surface area contributed by atoms with Gasteiger partial charge in [0.2, 0.25) is 5.91 Å². The van der Waals surface area contributed by atoms with E-state index in [1.807, 2.05) is 30.3 Å². The van der Waals surface area contributed by atoms with Crippen molar-refractivity contribution in [3.63, 3.8) is 0 Å². The van der Waals surface area contributed by atoms with E-state index in [9.17, 15) is 13.2 Å². The molecule has 1 N–H and O–H groups in total. The number of carbonyl (C=O) groups excluding carboxylic acids is 1. The fraction of sp³-hybridized carbons (Fsp3) is 0.500. The highest BCUT2D eigenvalue weighted by Crippen LogP contribution is 2.18. The zero-order valence-electron chi connectivity index (χ0n) is 11.9. The number of rotatable bonds is 5. The highest BCUT2D eigenvalue weighted by molar-refractivity contribution is 8.04. The Morgan fingerprint density at radius 1 is 1.38 bits per heavy atom. The molecule has 21 heavy (non-hydrogen) atoms. The van der Waals surface area contributed by atoms with Gasteiger partial charge in [0.05, 0.1) is 16.4 Å². The van der Waals surface area contributed by atoms with Gasteiger partial charge in [-0.05, 0) is 12.0 Å². The van der Waals surface area contributed by atoms with Crippen LogP contribution in [0.2, 0.25) is 0 Å². The average Bonchev–Trinajstić information content (AvgIpc) is 2.98. The first kappa shape index (κ1) is 16.3. The lowest BCUT2D eigenvalue weighted by Crippen LogP contribution is -2.41. The van der Waals surface area contributed by atoms with Gasteiger partial charge in [0, 0.05) is 20.1 Å². The quantitative estimate of drug-likeness (QED) is 0.780. The molecule has 1 amide bonds. The lowest BCUT2D eigenvalue weighted by molar-refractivity contribution is -0.132. The van der Waals surface area contributed by atoms with E-state index in [0.717, 1.165) is 5.56 Å². The molecule has 7 heteroatoms. The van der Waals surface area contributed by atoms with Crippen molar-refractivity contribution in [3.8, 4) is 0 Å². The first-order valence-corrected chi connectivity index (χ1v) is 9.13. The van der Waals surface area contributed by atoms with Crippen molar-refractivity contribution in [2.45, 2.75) is 24.3 Å². The number of likely N-dealkylation sites (N-methyl/N-ethyl adjacent to an activating group) is 1. The third-order valence-electron chi connectivity index (χ3n) is 3.72. The average molecular weight is 328 g/mol. The second-order valence-electron chi connectivity index (χ2n) is 5.29. The van der Waals surface area contributed by atoms with Crippen LogP contribution in [0.1, 0.15) is 12.0 Å². The van der Waals surface area contributed by atoms with Crippen LogP contribution in [0.4, 0.5) is 0 Å². The molecule has 0 spiro atoms. The van der Waals surface area contributed by atoms with Gasteiger partial charge in [0.25, 0.3) is 0 Å². The number of sulfone groups is 1. The van der Waals surface area contributed by atoms with Gasteiger partial charge in [-0.1, -0.05) is 30.3 Å². The number of nitrogens with zero attached hydrogens (tertiary/aromatic N) is 1. The van der Waals surface area contributed by atoms with Crippen molar-refractivity contribution in [2.24, 2.45) is 0 Å². The van der Waals surface area contributed by atoms with Crippen LogP contribution in [0.15, 0.2) is 30.3 Å². The fourth-order valence-corrected chi connectivity index (χ4v) is 4.15. The minimum atomic E-state index is -3.22. The maximum atomic E-state index is 12.4. The number of nitrogens with one attached hydrogen (secondary N) is 1. The van der Waals surface area contributed by atoms with Crippen molar-refractivity contribution in [2.75, 3.05) is 18.7 Å². The normalized spacial score (nSPS) is 22.2. The van der Waals surface area contributed by atoms with E-state index in [2.05, 4.69) is 17.9 Å². The largest absolute Gasteiger partial charge is 0.340 e. The van der Waals surface area contributed by atoms with E-state index in [-0.39, 0.29) is 11.0 Å². The van der Waals surface area contributed by atoms with E-state index >= 15 is 0 Å². The maximum absolute atomic E-state index is 12.4. The molecule has 0 aliphatic carbocycles. The molecule has 5 nitrogen and oxygen atoms in total. The SMILES string of the molecule is CN(Cc1ccccc1)C(=O)[C@H]1C[C@H](S(=O)(=O)CS)CN1. The topological polar surface area (TPSA) is 66.5 Å². The van der Waals surface area contributed by atoms with Gasteiger partial charge in [-0.2, -0.15) is 12.6 Å². The summed E-state index contributed by atoms with van der Waals surface area (Å²) in [6.07, 6.45) is 0.320. The van der Waals surface area contributed by atoms with Crippen LogP contribution in [0.5, 0.6) is 0 Å². The molecule has 0 bridgehead atoms. The Bertz CT molecular complexity index is 589. The lowest BCUT2D eigenvalue weighted by Gasteiger charge is -2.21. The molecular formula is C14H20N2O3S2. The Labute approximate surface area is 131 Å². The third kappa shape index (κ3) is 3.99. The van der Waals surface area contributed by atoms with Crippen molar-refractivity contribution in [3.05, 3.63) is 35.9 Å². The summed E-state index contributed by atoms with van der Waals surface area (Å²) in [6, 6.07) is 9.27. The number of thiol groups is 1. The predicted octanol–water partition coefficient (Wildman–Crippen LogP) is 0.678. The van der Waals surface area contributed by atoms with E-state index in [1.54, 1.807) is 11.9 Å². The van der Waals surface area contributed by atoms with Crippen LogP contribution < -0.4 is 5.32 Å². The number of hydrogen-bond donors (Lipinski definition) is 2. The molecule has 1 aliphatic rings. The molecule has 0 saturated carbocycles. The second kappa shape index (κ2) is 6.81. The van der Waals surface area contributed by atoms with E-state index in [4.69, 9.17) is 0 Å². The molecular weight excluding hydrogens is 308 g/mol. The molecule has 2 atom stereocenters. The molecule has 1 fully saturated rings. The highest BCUT2D eigenvalue weighted by Gasteiger charge is 2.37. The van der Waals surface area contributed by atoms with Gasteiger partial charge in [0.15, 0.2) is 9.84 Å². The summed E-state index contributed by atoms with van der Waals surface area (Å²) in [5.74, 6) is -0.0734. The molecule has 1 aromatic carbocycles. The molecule has 0 radical (unpaired) electrons. The molecule has 116 valence electrons. The Balaban J connectivity index is 1.95. The summed E-state index contributed by atoms with van der Waals surface area (Å²) >= 11 is 3.85. The van der Waals surface area contributed by atoms with Crippen LogP contribution in [0, 0.1) is 0 Å². The zero-order chi connectivity index (χ0) is 15.5. The first-order valence-electron chi connectivity index (χ1n) is 6.78. The van der Waals surface area contributed by atoms with Crippen molar-refractivity contribution in [1.82, 2.24) is 10.2 Å². The molecule has 1 aromatic rings. The molecule has 1 heterocycles. The summed E-state index contributed by atoms with van der Waals surface area (Å²) in [7, 11) is -1.48. The Morgan fingerprint density at radius 2 is 2.05 bits per heavy atom. The smallest absolute Gasteiger partial charge is 0.239 e. The van der Waals surface area contributed by atoms with E-state index in [1.165, 1.54) is 0 Å². The summed E-state index contributed by atoms with van der Waals surface area (Å²) < 4.78 is 23.6. The van der Waals surface area contributed by atoms with Crippen LogP contribution in [-0.2, 0) is 21.2 Å². The zero-order valence-corrected chi connectivity index (χ0v) is 13.6. The summed E-state index contributed by atoms with van der Waals surface area (Å²) in [5, 5.41) is 2.31. The standard InChI is InChI=1S/C14H20N2O3S2/c1-16(9-11-5-3-2-4-6-11)14(17)13-7-12(8-15-13)21(18,19)10-20/h2-6,12-13,15,20H,7-10H2,1H3/t12-,13+/m0/s1. The summed E-state index contributed by atoms with van der Waals surface area (Å²) in [5.41, 5.74) is 1.05. The maximum Gasteiger partial charge on any atom is 0.239 e. The number of amides is 1. The third-order valence-corrected chi connectivity index (χ3v) is 6.53. The molecule has 1 saturated heterocycles. The highest BCUT2D eigenvalue weighted by atomic mass is 32.2. The van der Waals surface area contributed by atoms with Gasteiger partial charge in [0.1, 0.15) is 0 Å². The fourth-order valence-electron chi connectivity index (χ4n) is 2.47. The van der Waals surface area contributed by atoms with Crippen molar-refractivity contribution >= 4 is 28.4 Å².